The minimum Gasteiger partial charge on any atom is -0.433 e. The van der Waals surface area contributed by atoms with E-state index in [-0.39, 0.29) is 10.8 Å². The largest absolute Gasteiger partial charge is 0.433 e. The number of halogens is 3. The van der Waals surface area contributed by atoms with Gasteiger partial charge in [-0.3, -0.25) is 0 Å². The first kappa shape index (κ1) is 9.21. The fourth-order valence-corrected chi connectivity index (χ4v) is 1.40. The van der Waals surface area contributed by atoms with Crippen molar-refractivity contribution in [1.29, 1.82) is 0 Å². The van der Waals surface area contributed by atoms with Crippen LogP contribution in [-0.2, 0) is 0 Å². The molecule has 0 unspecified atom stereocenters. The first-order valence-corrected chi connectivity index (χ1v) is 4.12. The van der Waals surface area contributed by atoms with Gasteiger partial charge in [0.25, 0.3) is 0 Å². The summed E-state index contributed by atoms with van der Waals surface area (Å²) in [7, 11) is 0. The predicted molar refractivity (Wildman–Crippen MR) is 47.7 cm³/mol. The average molecular weight is 219 g/mol. The van der Waals surface area contributed by atoms with Crippen LogP contribution in [0.4, 0.5) is 8.78 Å². The summed E-state index contributed by atoms with van der Waals surface area (Å²) in [6, 6.07) is 2.95. The molecule has 2 rings (SSSR count). The second-order valence-electron chi connectivity index (χ2n) is 2.55. The Bertz CT molecular complexity index is 458. The number of ether oxygens (including phenoxy) is 1. The van der Waals surface area contributed by atoms with Gasteiger partial charge in [-0.05, 0) is 12.1 Å². The molecule has 0 bridgehead atoms. The van der Waals surface area contributed by atoms with Crippen LogP contribution in [-0.4, -0.2) is 16.6 Å². The highest BCUT2D eigenvalue weighted by molar-refractivity contribution is 6.36. The molecular formula is C8H5ClF2N2O. The molecule has 2 aromatic rings. The van der Waals surface area contributed by atoms with Gasteiger partial charge in [-0.1, -0.05) is 11.6 Å². The molecule has 0 saturated carbocycles. The summed E-state index contributed by atoms with van der Waals surface area (Å²) in [5, 5.41) is 0.0871. The van der Waals surface area contributed by atoms with E-state index in [1.807, 2.05) is 0 Å². The molecule has 0 amide bonds. The van der Waals surface area contributed by atoms with Crippen LogP contribution in [0.1, 0.15) is 0 Å². The van der Waals surface area contributed by atoms with Crippen molar-refractivity contribution in [3.63, 3.8) is 0 Å². The molecule has 1 heterocycles. The molecular weight excluding hydrogens is 214 g/mol. The number of fused-ring (bicyclic) bond motifs is 1. The molecule has 6 heteroatoms. The molecule has 74 valence electrons. The van der Waals surface area contributed by atoms with Crippen molar-refractivity contribution in [1.82, 2.24) is 9.97 Å². The standard InChI is InChI=1S/C8H5ClF2N2O/c9-6-5(14-8(10)11)2-1-4-7(6)13-3-12-4/h1-3,8H,(H,12,13). The van der Waals surface area contributed by atoms with E-state index in [2.05, 4.69) is 14.7 Å². The van der Waals surface area contributed by atoms with Crippen molar-refractivity contribution in [2.45, 2.75) is 6.61 Å². The molecule has 1 N–H and O–H groups in total. The second-order valence-corrected chi connectivity index (χ2v) is 2.93. The first-order valence-electron chi connectivity index (χ1n) is 3.75. The Hall–Kier alpha value is -1.36. The summed E-state index contributed by atoms with van der Waals surface area (Å²) in [6.07, 6.45) is 1.43. The number of nitrogens with one attached hydrogen (secondary N) is 1. The van der Waals surface area contributed by atoms with E-state index >= 15 is 0 Å². The van der Waals surface area contributed by atoms with Gasteiger partial charge >= 0.3 is 6.61 Å². The number of hydrogen-bond donors (Lipinski definition) is 1. The third kappa shape index (κ3) is 1.50. The van der Waals surface area contributed by atoms with Gasteiger partial charge in [0.15, 0.2) is 0 Å². The summed E-state index contributed by atoms with van der Waals surface area (Å²) >= 11 is 5.79. The average Bonchev–Trinajstić information content (AvgIpc) is 2.57. The van der Waals surface area contributed by atoms with Crippen LogP contribution in [0.25, 0.3) is 11.0 Å². The Morgan fingerprint density at radius 2 is 2.21 bits per heavy atom. The lowest BCUT2D eigenvalue weighted by molar-refractivity contribution is -0.0497. The van der Waals surface area contributed by atoms with Crippen molar-refractivity contribution in [3.8, 4) is 5.75 Å². The van der Waals surface area contributed by atoms with Crippen LogP contribution in [0.15, 0.2) is 18.5 Å². The number of H-pyrrole nitrogens is 1. The van der Waals surface area contributed by atoms with Gasteiger partial charge in [0.05, 0.1) is 11.8 Å². The Labute approximate surface area is 82.7 Å². The lowest BCUT2D eigenvalue weighted by atomic mass is 10.3. The van der Waals surface area contributed by atoms with Crippen molar-refractivity contribution in [3.05, 3.63) is 23.5 Å². The van der Waals surface area contributed by atoms with Gasteiger partial charge in [0, 0.05) is 0 Å². The molecule has 0 spiro atoms. The van der Waals surface area contributed by atoms with Gasteiger partial charge in [-0.2, -0.15) is 8.78 Å². The third-order valence-corrected chi connectivity index (χ3v) is 2.08. The van der Waals surface area contributed by atoms with Gasteiger partial charge < -0.3 is 9.72 Å². The topological polar surface area (TPSA) is 37.9 Å². The SMILES string of the molecule is FC(F)Oc1ccc2[nH]cnc2c1Cl. The number of benzene rings is 1. The molecule has 0 fully saturated rings. The molecule has 0 radical (unpaired) electrons. The Balaban J connectivity index is 2.51. The number of alkyl halides is 2. The van der Waals surface area contributed by atoms with E-state index in [0.717, 1.165) is 0 Å². The van der Waals surface area contributed by atoms with Crippen molar-refractivity contribution < 1.29 is 13.5 Å². The molecule has 0 saturated heterocycles. The van der Waals surface area contributed by atoms with E-state index in [1.54, 1.807) is 6.07 Å². The van der Waals surface area contributed by atoms with Crippen molar-refractivity contribution in [2.24, 2.45) is 0 Å². The van der Waals surface area contributed by atoms with Crippen LogP contribution < -0.4 is 4.74 Å². The number of nitrogens with zero attached hydrogens (tertiary/aromatic N) is 1. The Kier molecular flexibility index (Phi) is 2.25. The van der Waals surface area contributed by atoms with Crippen molar-refractivity contribution >= 4 is 22.6 Å². The number of rotatable bonds is 2. The van der Waals surface area contributed by atoms with E-state index in [4.69, 9.17) is 11.6 Å². The van der Waals surface area contributed by atoms with Crippen LogP contribution in [0, 0.1) is 0 Å². The zero-order valence-electron chi connectivity index (χ0n) is 6.80. The molecule has 0 atom stereocenters. The molecule has 1 aromatic heterocycles. The molecule has 0 aliphatic rings. The zero-order chi connectivity index (χ0) is 10.1. The fraction of sp³-hybridized carbons (Fsp3) is 0.125. The van der Waals surface area contributed by atoms with Crippen molar-refractivity contribution in [2.75, 3.05) is 0 Å². The highest BCUT2D eigenvalue weighted by atomic mass is 35.5. The first-order chi connectivity index (χ1) is 6.68. The Morgan fingerprint density at radius 3 is 2.93 bits per heavy atom. The number of aromatic amines is 1. The summed E-state index contributed by atoms with van der Waals surface area (Å²) in [5.41, 5.74) is 1.10. The maximum absolute atomic E-state index is 11.9. The van der Waals surface area contributed by atoms with E-state index in [1.165, 1.54) is 12.4 Å². The van der Waals surface area contributed by atoms with Crippen LogP contribution >= 0.6 is 11.6 Å². The number of imidazole rings is 1. The van der Waals surface area contributed by atoms with E-state index in [0.29, 0.717) is 11.0 Å². The smallest absolute Gasteiger partial charge is 0.387 e. The summed E-state index contributed by atoms with van der Waals surface area (Å²) in [5.74, 6) is -0.0683. The fourth-order valence-electron chi connectivity index (χ4n) is 1.14. The van der Waals surface area contributed by atoms with Gasteiger partial charge in [-0.25, -0.2) is 4.98 Å². The molecule has 1 aromatic carbocycles. The maximum Gasteiger partial charge on any atom is 0.387 e. The number of hydrogen-bond acceptors (Lipinski definition) is 2. The van der Waals surface area contributed by atoms with Gasteiger partial charge in [-0.15, -0.1) is 0 Å². The molecule has 0 aliphatic carbocycles. The normalized spacial score (nSPS) is 11.1. The summed E-state index contributed by atoms with van der Waals surface area (Å²) < 4.78 is 28.0. The Morgan fingerprint density at radius 1 is 1.43 bits per heavy atom. The molecule has 3 nitrogen and oxygen atoms in total. The monoisotopic (exact) mass is 218 g/mol. The van der Waals surface area contributed by atoms with E-state index in [9.17, 15) is 8.78 Å². The minimum absolute atomic E-state index is 0.0683. The predicted octanol–water partition coefficient (Wildman–Crippen LogP) is 2.82. The summed E-state index contributed by atoms with van der Waals surface area (Å²) in [6.45, 7) is -2.89. The van der Waals surface area contributed by atoms with Gasteiger partial charge in [0.1, 0.15) is 16.3 Å². The summed E-state index contributed by atoms with van der Waals surface area (Å²) in [4.78, 5) is 6.68. The molecule has 0 aliphatic heterocycles. The van der Waals surface area contributed by atoms with E-state index < -0.39 is 6.61 Å². The van der Waals surface area contributed by atoms with Crippen LogP contribution in [0.5, 0.6) is 5.75 Å². The second kappa shape index (κ2) is 3.42. The van der Waals surface area contributed by atoms with Crippen LogP contribution in [0.3, 0.4) is 0 Å². The lowest BCUT2D eigenvalue weighted by Gasteiger charge is -2.05. The highest BCUT2D eigenvalue weighted by Crippen LogP contribution is 2.31. The minimum atomic E-state index is -2.89. The zero-order valence-corrected chi connectivity index (χ0v) is 7.55. The molecule has 14 heavy (non-hydrogen) atoms. The quantitative estimate of drug-likeness (QED) is 0.842. The number of aromatic nitrogens is 2. The lowest BCUT2D eigenvalue weighted by Crippen LogP contribution is -2.02. The highest BCUT2D eigenvalue weighted by Gasteiger charge is 2.12. The van der Waals surface area contributed by atoms with Crippen LogP contribution in [0.2, 0.25) is 5.02 Å². The van der Waals surface area contributed by atoms with Gasteiger partial charge in [0.2, 0.25) is 0 Å². The maximum atomic E-state index is 11.9. The third-order valence-electron chi connectivity index (χ3n) is 1.71.